The molecule has 4 aromatic heterocycles. The number of anilines is 3. The number of benzene rings is 1. The van der Waals surface area contributed by atoms with Gasteiger partial charge in [0.25, 0.3) is 17.7 Å². The molecule has 0 spiro atoms. The standard InChI is InChI=1S/C36H44N10O3S.2C2HF3O2/c1-22(2)12-13-30-31(35(49)38-14-9-15-44(3)4)42-36(50-30)43-34(48)29-18-26(21-46(29)6)41-33(47)28-17-25(20-45(28)5)40-32(37)24-16-23-10-7-8-11-27(23)39-19-24;2*3-2(4,5)1(6)7/h7-8,10-11,16-22H,9,12-15H2,1-6H3,(H2,37,40)(H,38,49)(H,41,47)(H,42,43,48);2*(H,6,7). The molecule has 0 aliphatic heterocycles. The summed E-state index contributed by atoms with van der Waals surface area (Å²) in [6.07, 6.45) is -2.76. The van der Waals surface area contributed by atoms with E-state index in [0.29, 0.717) is 58.0 Å². The molecule has 0 atom stereocenters. The highest BCUT2D eigenvalue weighted by atomic mass is 32.1. The predicted molar refractivity (Wildman–Crippen MR) is 227 cm³/mol. The van der Waals surface area contributed by atoms with Crippen LogP contribution < -0.4 is 21.3 Å². The molecule has 0 saturated heterocycles. The Kier molecular flexibility index (Phi) is 18.1. The minimum absolute atomic E-state index is 0.152. The van der Waals surface area contributed by atoms with Crippen molar-refractivity contribution in [3.8, 4) is 0 Å². The normalized spacial score (nSPS) is 11.3. The Morgan fingerprint density at radius 3 is 1.89 bits per heavy atom. The largest absolute Gasteiger partial charge is 0.490 e. The summed E-state index contributed by atoms with van der Waals surface area (Å²) >= 11 is 1.31. The lowest BCUT2D eigenvalue weighted by Crippen LogP contribution is -2.28. The molecule has 3 amide bonds. The summed E-state index contributed by atoms with van der Waals surface area (Å²) in [7, 11) is 7.43. The van der Waals surface area contributed by atoms with Gasteiger partial charge in [-0.1, -0.05) is 32.0 Å². The zero-order valence-electron chi connectivity index (χ0n) is 35.2. The van der Waals surface area contributed by atoms with Crippen molar-refractivity contribution < 1.29 is 60.5 Å². The van der Waals surface area contributed by atoms with Gasteiger partial charge in [0.1, 0.15) is 22.9 Å². The Labute approximate surface area is 366 Å². The number of fused-ring (bicyclic) bond motifs is 1. The van der Waals surface area contributed by atoms with Crippen LogP contribution in [0.5, 0.6) is 0 Å². The van der Waals surface area contributed by atoms with Gasteiger partial charge in [0.05, 0.1) is 16.9 Å². The highest BCUT2D eigenvalue weighted by Gasteiger charge is 2.39. The summed E-state index contributed by atoms with van der Waals surface area (Å²) in [5.41, 5.74) is 3.48. The van der Waals surface area contributed by atoms with E-state index in [0.717, 1.165) is 35.2 Å². The first-order valence-electron chi connectivity index (χ1n) is 19.0. The number of hydrogen-bond donors (Lipinski definition) is 7. The van der Waals surface area contributed by atoms with Crippen LogP contribution in [0.4, 0.5) is 42.8 Å². The molecule has 0 bridgehead atoms. The number of nitrogens with zero attached hydrogens (tertiary/aromatic N) is 5. The van der Waals surface area contributed by atoms with Crippen LogP contribution in [0, 0.1) is 11.3 Å². The molecule has 24 heteroatoms. The number of pyridine rings is 1. The van der Waals surface area contributed by atoms with Crippen LogP contribution in [0.25, 0.3) is 10.9 Å². The average Bonchev–Trinajstić information content (AvgIpc) is 3.90. The lowest BCUT2D eigenvalue weighted by Gasteiger charge is -2.10. The highest BCUT2D eigenvalue weighted by molar-refractivity contribution is 7.16. The fourth-order valence-corrected chi connectivity index (χ4v) is 6.32. The second-order valence-corrected chi connectivity index (χ2v) is 15.6. The Morgan fingerprint density at radius 1 is 0.828 bits per heavy atom. The highest BCUT2D eigenvalue weighted by Crippen LogP contribution is 2.27. The van der Waals surface area contributed by atoms with Crippen molar-refractivity contribution in [1.29, 1.82) is 5.41 Å². The zero-order valence-corrected chi connectivity index (χ0v) is 36.1. The van der Waals surface area contributed by atoms with Crippen LogP contribution in [0.1, 0.15) is 68.6 Å². The topological polar surface area (TPSA) is 237 Å². The van der Waals surface area contributed by atoms with E-state index in [9.17, 15) is 40.7 Å². The van der Waals surface area contributed by atoms with Gasteiger partial charge in [0.15, 0.2) is 5.13 Å². The minimum Gasteiger partial charge on any atom is -0.475 e. The van der Waals surface area contributed by atoms with Crippen molar-refractivity contribution in [3.05, 3.63) is 88.6 Å². The first-order chi connectivity index (χ1) is 29.8. The van der Waals surface area contributed by atoms with Crippen LogP contribution in [0.15, 0.2) is 61.1 Å². The zero-order chi connectivity index (χ0) is 48.1. The Hall–Kier alpha value is -6.82. The Morgan fingerprint density at radius 2 is 1.36 bits per heavy atom. The molecule has 7 N–H and O–H groups in total. The van der Waals surface area contributed by atoms with Crippen LogP contribution >= 0.6 is 11.3 Å². The Bertz CT molecular complexity index is 2440. The number of carboxylic acids is 2. The van der Waals surface area contributed by atoms with E-state index in [1.165, 1.54) is 11.3 Å². The predicted octanol–water partition coefficient (Wildman–Crippen LogP) is 6.85. The van der Waals surface area contributed by atoms with Gasteiger partial charge < -0.3 is 40.2 Å². The maximum absolute atomic E-state index is 13.4. The number of nitrogens with one attached hydrogen (secondary N) is 5. The maximum Gasteiger partial charge on any atom is 0.490 e. The monoisotopic (exact) mass is 924 g/mol. The Balaban J connectivity index is 0.000000671. The van der Waals surface area contributed by atoms with Gasteiger partial charge in [-0.05, 0) is 70.1 Å². The van der Waals surface area contributed by atoms with Crippen molar-refractivity contribution in [3.63, 3.8) is 0 Å². The number of carbonyl (C=O) groups excluding carboxylic acids is 3. The molecule has 17 nitrogen and oxygen atoms in total. The summed E-state index contributed by atoms with van der Waals surface area (Å²) in [6, 6.07) is 12.8. The van der Waals surface area contributed by atoms with Gasteiger partial charge in [-0.3, -0.25) is 30.1 Å². The van der Waals surface area contributed by atoms with E-state index in [2.05, 4.69) is 50.0 Å². The molecule has 5 rings (SSSR count). The first kappa shape index (κ1) is 51.5. The number of aliphatic carboxylic acids is 2. The van der Waals surface area contributed by atoms with Crippen molar-refractivity contribution in [1.82, 2.24) is 29.3 Å². The summed E-state index contributed by atoms with van der Waals surface area (Å²) in [6.45, 7) is 5.64. The molecule has 0 aliphatic carbocycles. The van der Waals surface area contributed by atoms with E-state index in [1.54, 1.807) is 54.0 Å². The third-order valence-corrected chi connectivity index (χ3v) is 9.55. The molecule has 346 valence electrons. The smallest absolute Gasteiger partial charge is 0.475 e. The van der Waals surface area contributed by atoms with Crippen molar-refractivity contribution >= 4 is 74.2 Å². The number of rotatable bonds is 14. The summed E-state index contributed by atoms with van der Waals surface area (Å²) in [4.78, 5) is 69.3. The number of hydrogen-bond acceptors (Lipinski definition) is 10. The van der Waals surface area contributed by atoms with Gasteiger partial charge in [-0.2, -0.15) is 26.3 Å². The number of amides is 3. The average molecular weight is 925 g/mol. The van der Waals surface area contributed by atoms with Crippen molar-refractivity contribution in [2.75, 3.05) is 43.1 Å². The summed E-state index contributed by atoms with van der Waals surface area (Å²) in [5.74, 6) is -5.96. The molecular weight excluding hydrogens is 879 g/mol. The number of aromatic nitrogens is 4. The van der Waals surface area contributed by atoms with E-state index >= 15 is 0 Å². The van der Waals surface area contributed by atoms with Gasteiger partial charge in [-0.15, -0.1) is 11.3 Å². The van der Waals surface area contributed by atoms with Crippen LogP contribution in [-0.4, -0.2) is 109 Å². The van der Waals surface area contributed by atoms with E-state index in [1.807, 2.05) is 44.4 Å². The second kappa shape index (κ2) is 22.5. The quantitative estimate of drug-likeness (QED) is 0.0263. The number of amidine groups is 1. The fraction of sp³-hybridized carbons (Fsp3) is 0.350. The molecule has 0 aliphatic rings. The fourth-order valence-electron chi connectivity index (χ4n) is 5.35. The van der Waals surface area contributed by atoms with E-state index in [4.69, 9.17) is 25.2 Å². The molecule has 4 heterocycles. The number of halogens is 6. The van der Waals surface area contributed by atoms with Crippen LogP contribution in [-0.2, 0) is 30.1 Å². The number of thiazole rings is 1. The van der Waals surface area contributed by atoms with Gasteiger partial charge in [0.2, 0.25) is 0 Å². The van der Waals surface area contributed by atoms with Crippen molar-refractivity contribution in [2.24, 2.45) is 20.0 Å². The second-order valence-electron chi connectivity index (χ2n) is 14.5. The molecular formula is C40H46F6N10O7S. The molecule has 0 saturated carbocycles. The number of para-hydroxylation sites is 1. The molecule has 0 radical (unpaired) electrons. The third-order valence-electron chi connectivity index (χ3n) is 8.52. The molecule has 1 aromatic carbocycles. The molecule has 5 aromatic rings. The van der Waals surface area contributed by atoms with E-state index in [-0.39, 0.29) is 17.6 Å². The van der Waals surface area contributed by atoms with Crippen molar-refractivity contribution in [2.45, 2.75) is 45.5 Å². The number of aryl methyl sites for hydroxylation is 3. The van der Waals surface area contributed by atoms with E-state index < -0.39 is 30.2 Å². The summed E-state index contributed by atoms with van der Waals surface area (Å²) in [5, 5.41) is 35.8. The SMILES string of the molecule is CC(C)CCc1sc(NC(=O)c2cc(NC(=O)c3cc(NC(=N)c4cnc5ccccc5c4)cn3C)cn2C)nc1C(=O)NCCCN(C)C.O=C(O)C(F)(F)F.O=C(O)C(F)(F)F. The minimum atomic E-state index is -5.08. The molecule has 0 unspecified atom stereocenters. The molecule has 64 heavy (non-hydrogen) atoms. The van der Waals surface area contributed by atoms with Crippen LogP contribution in [0.2, 0.25) is 0 Å². The number of alkyl halides is 6. The lowest BCUT2D eigenvalue weighted by atomic mass is 10.1. The number of carboxylic acid groups (broad SMARTS) is 2. The molecule has 0 fully saturated rings. The lowest BCUT2D eigenvalue weighted by molar-refractivity contribution is -0.193. The van der Waals surface area contributed by atoms with Gasteiger partial charge in [0, 0.05) is 55.1 Å². The number of carbonyl (C=O) groups is 5. The third kappa shape index (κ3) is 15.8. The van der Waals surface area contributed by atoms with Crippen LogP contribution in [0.3, 0.4) is 0 Å². The summed E-state index contributed by atoms with van der Waals surface area (Å²) < 4.78 is 66.8. The first-order valence-corrected chi connectivity index (χ1v) is 19.8. The van der Waals surface area contributed by atoms with Gasteiger partial charge >= 0.3 is 24.3 Å². The maximum atomic E-state index is 13.4. The van der Waals surface area contributed by atoms with Gasteiger partial charge in [-0.25, -0.2) is 14.6 Å².